The van der Waals surface area contributed by atoms with Crippen LogP contribution < -0.4 is 15.8 Å². The highest BCUT2D eigenvalue weighted by molar-refractivity contribution is 7.92. The number of nitrogens with zero attached hydrogens (tertiary/aromatic N) is 1. The summed E-state index contributed by atoms with van der Waals surface area (Å²) in [6.45, 7) is -0.125. The zero-order valence-corrected chi connectivity index (χ0v) is 24.6. The summed E-state index contributed by atoms with van der Waals surface area (Å²) in [6.07, 6.45) is -4.91. The molecule has 4 rings (SSSR count). The van der Waals surface area contributed by atoms with Crippen LogP contribution in [0.4, 0.5) is 18.9 Å². The SMILES string of the molecule is NC(=O)C(CO)NC(=O)c1cc(NS(=O)(=O)CC2CN(C(c3ccc(Cl)cc3)c3ccc(Cl)cc3)C2)cc(C(F)(F)F)c1. The van der Waals surface area contributed by atoms with E-state index in [2.05, 4.69) is 9.62 Å². The Balaban J connectivity index is 1.49. The van der Waals surface area contributed by atoms with E-state index in [9.17, 15) is 36.3 Å². The molecule has 43 heavy (non-hydrogen) atoms. The van der Waals surface area contributed by atoms with Gasteiger partial charge < -0.3 is 16.2 Å². The molecule has 1 atom stereocenters. The number of carbonyl (C=O) groups is 2. The lowest BCUT2D eigenvalue weighted by Crippen LogP contribution is -2.51. The van der Waals surface area contributed by atoms with Crippen molar-refractivity contribution in [1.29, 1.82) is 0 Å². The molecule has 9 nitrogen and oxygen atoms in total. The minimum atomic E-state index is -4.91. The van der Waals surface area contributed by atoms with Gasteiger partial charge in [0.25, 0.3) is 5.91 Å². The first-order chi connectivity index (χ1) is 20.1. The average molecular weight is 660 g/mol. The van der Waals surface area contributed by atoms with Gasteiger partial charge in [-0.15, -0.1) is 0 Å². The molecule has 3 aromatic carbocycles. The summed E-state index contributed by atoms with van der Waals surface area (Å²) in [4.78, 5) is 25.9. The van der Waals surface area contributed by atoms with Crippen molar-refractivity contribution >= 4 is 50.7 Å². The first kappa shape index (κ1) is 32.6. The highest BCUT2D eigenvalue weighted by Crippen LogP contribution is 2.36. The zero-order valence-electron chi connectivity index (χ0n) is 22.3. The van der Waals surface area contributed by atoms with Gasteiger partial charge in [-0.25, -0.2) is 8.42 Å². The fourth-order valence-electron chi connectivity index (χ4n) is 4.79. The summed E-state index contributed by atoms with van der Waals surface area (Å²) in [5, 5.41) is 12.3. The molecule has 0 spiro atoms. The Bertz CT molecular complexity index is 1540. The van der Waals surface area contributed by atoms with Crippen LogP contribution >= 0.6 is 23.2 Å². The van der Waals surface area contributed by atoms with E-state index in [1.807, 2.05) is 29.6 Å². The number of rotatable bonds is 11. The fourth-order valence-corrected chi connectivity index (χ4v) is 6.44. The van der Waals surface area contributed by atoms with Crippen molar-refractivity contribution in [3.8, 4) is 0 Å². The monoisotopic (exact) mass is 658 g/mol. The number of nitrogens with one attached hydrogen (secondary N) is 2. The van der Waals surface area contributed by atoms with Gasteiger partial charge in [-0.1, -0.05) is 47.5 Å². The Labute approximate surface area is 255 Å². The highest BCUT2D eigenvalue weighted by atomic mass is 35.5. The van der Waals surface area contributed by atoms with Crippen molar-refractivity contribution in [2.45, 2.75) is 18.3 Å². The van der Waals surface area contributed by atoms with Gasteiger partial charge in [-0.2, -0.15) is 13.2 Å². The van der Waals surface area contributed by atoms with Crippen molar-refractivity contribution in [2.24, 2.45) is 11.7 Å². The number of carbonyl (C=O) groups excluding carboxylic acids is 2. The maximum Gasteiger partial charge on any atom is 0.416 e. The number of aliphatic hydroxyl groups is 1. The predicted molar refractivity (Wildman–Crippen MR) is 156 cm³/mol. The third-order valence-corrected chi connectivity index (χ3v) is 8.77. The number of anilines is 1. The minimum Gasteiger partial charge on any atom is -0.394 e. The summed E-state index contributed by atoms with van der Waals surface area (Å²) in [6, 6.07) is 14.7. The zero-order chi connectivity index (χ0) is 31.5. The van der Waals surface area contributed by atoms with E-state index in [-0.39, 0.29) is 17.7 Å². The van der Waals surface area contributed by atoms with Crippen molar-refractivity contribution in [3.63, 3.8) is 0 Å². The normalized spacial score (nSPS) is 15.1. The number of primary amides is 1. The lowest BCUT2D eigenvalue weighted by molar-refractivity contribution is -0.137. The Kier molecular flexibility index (Phi) is 9.92. The van der Waals surface area contributed by atoms with Crippen molar-refractivity contribution in [1.82, 2.24) is 10.2 Å². The van der Waals surface area contributed by atoms with Crippen LogP contribution in [0.3, 0.4) is 0 Å². The number of benzene rings is 3. The Morgan fingerprint density at radius 3 is 1.98 bits per heavy atom. The molecule has 1 heterocycles. The van der Waals surface area contributed by atoms with E-state index in [1.165, 1.54) is 0 Å². The molecular formula is C28H27Cl2F3N4O5S. The summed E-state index contributed by atoms with van der Waals surface area (Å²) in [5.74, 6) is -2.99. The second-order valence-electron chi connectivity index (χ2n) is 10.1. The molecule has 0 radical (unpaired) electrons. The molecule has 230 valence electrons. The molecule has 0 aromatic heterocycles. The van der Waals surface area contributed by atoms with Gasteiger partial charge in [0.2, 0.25) is 15.9 Å². The van der Waals surface area contributed by atoms with Crippen LogP contribution in [0.25, 0.3) is 0 Å². The van der Waals surface area contributed by atoms with E-state index < -0.39 is 57.5 Å². The van der Waals surface area contributed by atoms with E-state index in [0.29, 0.717) is 35.3 Å². The molecule has 15 heteroatoms. The number of aliphatic hydroxyl groups excluding tert-OH is 1. The van der Waals surface area contributed by atoms with Gasteiger partial charge in [-0.3, -0.25) is 19.2 Å². The molecule has 5 N–H and O–H groups in total. The van der Waals surface area contributed by atoms with E-state index in [1.54, 1.807) is 24.3 Å². The molecule has 1 saturated heterocycles. The third-order valence-electron chi connectivity index (χ3n) is 6.80. The van der Waals surface area contributed by atoms with Gasteiger partial charge in [-0.05, 0) is 53.6 Å². The molecule has 0 aliphatic carbocycles. The van der Waals surface area contributed by atoms with Crippen LogP contribution in [-0.2, 0) is 21.0 Å². The molecule has 3 aromatic rings. The first-order valence-electron chi connectivity index (χ1n) is 12.8. The van der Waals surface area contributed by atoms with Crippen LogP contribution in [0.2, 0.25) is 10.0 Å². The van der Waals surface area contributed by atoms with E-state index in [0.717, 1.165) is 17.2 Å². The minimum absolute atomic E-state index is 0.214. The van der Waals surface area contributed by atoms with Crippen LogP contribution in [-0.4, -0.2) is 61.7 Å². The van der Waals surface area contributed by atoms with Gasteiger partial charge >= 0.3 is 6.18 Å². The van der Waals surface area contributed by atoms with Crippen molar-refractivity contribution < 1.29 is 36.3 Å². The lowest BCUT2D eigenvalue weighted by Gasteiger charge is -2.44. The number of nitrogens with two attached hydrogens (primary N) is 1. The Morgan fingerprint density at radius 2 is 1.51 bits per heavy atom. The Morgan fingerprint density at radius 1 is 0.977 bits per heavy atom. The molecule has 1 unspecified atom stereocenters. The van der Waals surface area contributed by atoms with Gasteiger partial charge in [0.15, 0.2) is 0 Å². The topological polar surface area (TPSA) is 142 Å². The second kappa shape index (κ2) is 13.1. The molecule has 2 amide bonds. The van der Waals surface area contributed by atoms with Crippen LogP contribution in [0.15, 0.2) is 66.7 Å². The standard InChI is InChI=1S/C28H27Cl2F3N4O5S/c29-21-5-1-17(2-6-21)25(18-3-7-22(30)8-4-18)37-12-16(13-37)15-43(41,42)36-23-10-19(9-20(11-23)28(31,32)33)27(40)35-24(14-38)26(34)39/h1-11,16,24-25,36,38H,12-15H2,(H2,34,39)(H,35,40). The smallest absolute Gasteiger partial charge is 0.394 e. The first-order valence-corrected chi connectivity index (χ1v) is 15.2. The van der Waals surface area contributed by atoms with Gasteiger partial charge in [0.1, 0.15) is 6.04 Å². The number of hydrogen-bond acceptors (Lipinski definition) is 6. The van der Waals surface area contributed by atoms with Crippen LogP contribution in [0.1, 0.15) is 33.1 Å². The fraction of sp³-hybridized carbons (Fsp3) is 0.286. The van der Waals surface area contributed by atoms with E-state index in [4.69, 9.17) is 28.9 Å². The number of amides is 2. The van der Waals surface area contributed by atoms with Crippen molar-refractivity contribution in [2.75, 3.05) is 30.2 Å². The summed E-state index contributed by atoms with van der Waals surface area (Å²) < 4.78 is 68.9. The summed E-state index contributed by atoms with van der Waals surface area (Å²) in [7, 11) is -4.15. The third kappa shape index (κ3) is 8.39. The molecule has 1 aliphatic heterocycles. The quantitative estimate of drug-likeness (QED) is 0.245. The highest BCUT2D eigenvalue weighted by Gasteiger charge is 2.37. The summed E-state index contributed by atoms with van der Waals surface area (Å²) in [5.41, 5.74) is 4.55. The second-order valence-corrected chi connectivity index (χ2v) is 12.8. The molecule has 1 fully saturated rings. The average Bonchev–Trinajstić information content (AvgIpc) is 2.91. The number of likely N-dealkylation sites (tertiary alicyclic amines) is 1. The van der Waals surface area contributed by atoms with Crippen molar-refractivity contribution in [3.05, 3.63) is 99.0 Å². The molecule has 1 aliphatic rings. The molecular weight excluding hydrogens is 632 g/mol. The largest absolute Gasteiger partial charge is 0.416 e. The molecule has 0 bridgehead atoms. The van der Waals surface area contributed by atoms with Gasteiger partial charge in [0, 0.05) is 40.3 Å². The lowest BCUT2D eigenvalue weighted by atomic mass is 9.91. The Hall–Kier alpha value is -3.36. The van der Waals surface area contributed by atoms with E-state index >= 15 is 0 Å². The number of alkyl halides is 3. The van der Waals surface area contributed by atoms with Gasteiger partial charge in [0.05, 0.1) is 24.0 Å². The number of halogens is 5. The predicted octanol–water partition coefficient (Wildman–Crippen LogP) is 4.05. The maximum atomic E-state index is 13.6. The van der Waals surface area contributed by atoms with Crippen LogP contribution in [0, 0.1) is 5.92 Å². The summed E-state index contributed by atoms with van der Waals surface area (Å²) >= 11 is 12.1. The number of hydrogen-bond donors (Lipinski definition) is 4. The van der Waals surface area contributed by atoms with Crippen LogP contribution in [0.5, 0.6) is 0 Å². The number of sulfonamides is 1. The molecule has 0 saturated carbocycles. The maximum absolute atomic E-state index is 13.6.